The fourth-order valence-corrected chi connectivity index (χ4v) is 3.47. The highest BCUT2D eigenvalue weighted by molar-refractivity contribution is 5.85. The first-order chi connectivity index (χ1) is 14.7. The van der Waals surface area contributed by atoms with Crippen LogP contribution in [0.3, 0.4) is 0 Å². The van der Waals surface area contributed by atoms with Gasteiger partial charge in [-0.25, -0.2) is 5.43 Å². The highest BCUT2D eigenvalue weighted by Crippen LogP contribution is 2.22. The van der Waals surface area contributed by atoms with E-state index in [4.69, 9.17) is 9.47 Å². The van der Waals surface area contributed by atoms with Crippen LogP contribution in [0.2, 0.25) is 0 Å². The van der Waals surface area contributed by atoms with Crippen molar-refractivity contribution in [3.63, 3.8) is 0 Å². The van der Waals surface area contributed by atoms with E-state index in [-0.39, 0.29) is 5.91 Å². The number of nitrogens with one attached hydrogen (secondary N) is 1. The first-order valence-electron chi connectivity index (χ1n) is 11.7. The van der Waals surface area contributed by atoms with Crippen LogP contribution in [0.25, 0.3) is 0 Å². The predicted octanol–water partition coefficient (Wildman–Crippen LogP) is 6.64. The van der Waals surface area contributed by atoms with Gasteiger partial charge in [0.15, 0.2) is 0 Å². The van der Waals surface area contributed by atoms with E-state index in [0.717, 1.165) is 24.2 Å². The van der Waals surface area contributed by atoms with E-state index >= 15 is 0 Å². The molecule has 0 aliphatic carbocycles. The summed E-state index contributed by atoms with van der Waals surface area (Å²) in [7, 11) is 3.21. The second kappa shape index (κ2) is 17.8. The number of hydrazone groups is 1. The van der Waals surface area contributed by atoms with Crippen LogP contribution in [0.15, 0.2) is 23.3 Å². The highest BCUT2D eigenvalue weighted by Gasteiger charge is 2.03. The number of carbonyl (C=O) groups excluding carboxylic acids is 1. The molecule has 1 N–H and O–H groups in total. The van der Waals surface area contributed by atoms with Crippen molar-refractivity contribution >= 4 is 12.1 Å². The van der Waals surface area contributed by atoms with Crippen molar-refractivity contribution in [2.45, 2.75) is 96.8 Å². The zero-order valence-corrected chi connectivity index (χ0v) is 19.4. The molecule has 1 amide bonds. The standard InChI is InChI=1S/C25H42N2O3/c1-4-5-6-7-8-9-10-11-12-13-14-15-16-17-25(28)27-26-21-22-20-23(29-2)18-19-24(22)30-3/h18-21H,4-17H2,1-3H3,(H,27,28). The van der Waals surface area contributed by atoms with Crippen molar-refractivity contribution in [1.29, 1.82) is 0 Å². The van der Waals surface area contributed by atoms with Crippen LogP contribution in [-0.2, 0) is 4.79 Å². The van der Waals surface area contributed by atoms with Gasteiger partial charge in [0.2, 0.25) is 5.91 Å². The first kappa shape index (κ1) is 26.0. The number of benzene rings is 1. The largest absolute Gasteiger partial charge is 0.497 e. The van der Waals surface area contributed by atoms with Crippen LogP contribution in [0.5, 0.6) is 11.5 Å². The smallest absolute Gasteiger partial charge is 0.240 e. The number of ether oxygens (including phenoxy) is 2. The minimum absolute atomic E-state index is 0.0452. The van der Waals surface area contributed by atoms with Crippen molar-refractivity contribution in [2.24, 2.45) is 5.10 Å². The Hall–Kier alpha value is -2.04. The second-order valence-corrected chi connectivity index (χ2v) is 7.89. The number of carbonyl (C=O) groups is 1. The fourth-order valence-electron chi connectivity index (χ4n) is 3.47. The van der Waals surface area contributed by atoms with Gasteiger partial charge in [-0.3, -0.25) is 4.79 Å². The van der Waals surface area contributed by atoms with Crippen molar-refractivity contribution in [2.75, 3.05) is 14.2 Å². The van der Waals surface area contributed by atoms with E-state index in [1.165, 1.54) is 70.6 Å². The SMILES string of the molecule is CCCCCCCCCCCCCCCC(=O)NN=Cc1cc(OC)ccc1OC. The molecule has 0 radical (unpaired) electrons. The molecule has 0 saturated heterocycles. The minimum atomic E-state index is -0.0452. The Morgan fingerprint density at radius 3 is 1.97 bits per heavy atom. The molecule has 0 saturated carbocycles. The summed E-state index contributed by atoms with van der Waals surface area (Å²) in [4.78, 5) is 11.9. The number of amides is 1. The molecular weight excluding hydrogens is 376 g/mol. The fraction of sp³-hybridized carbons (Fsp3) is 0.680. The van der Waals surface area contributed by atoms with Gasteiger partial charge in [0.05, 0.1) is 20.4 Å². The van der Waals surface area contributed by atoms with E-state index in [1.807, 2.05) is 18.2 Å². The molecule has 1 aromatic carbocycles. The number of unbranched alkanes of at least 4 members (excludes halogenated alkanes) is 12. The molecular formula is C25H42N2O3. The molecule has 0 spiro atoms. The quantitative estimate of drug-likeness (QED) is 0.165. The Morgan fingerprint density at radius 2 is 1.43 bits per heavy atom. The summed E-state index contributed by atoms with van der Waals surface area (Å²) in [5, 5.41) is 4.05. The maximum Gasteiger partial charge on any atom is 0.240 e. The average molecular weight is 419 g/mol. The average Bonchev–Trinajstić information content (AvgIpc) is 2.76. The van der Waals surface area contributed by atoms with Gasteiger partial charge in [-0.1, -0.05) is 84.0 Å². The first-order valence-corrected chi connectivity index (χ1v) is 11.7. The summed E-state index contributed by atoms with van der Waals surface area (Å²) in [5.41, 5.74) is 3.36. The minimum Gasteiger partial charge on any atom is -0.497 e. The van der Waals surface area contributed by atoms with Gasteiger partial charge in [0, 0.05) is 12.0 Å². The van der Waals surface area contributed by atoms with E-state index in [0.29, 0.717) is 12.2 Å². The molecule has 0 aromatic heterocycles. The summed E-state index contributed by atoms with van der Waals surface area (Å²) < 4.78 is 10.5. The van der Waals surface area contributed by atoms with Gasteiger partial charge in [0.25, 0.3) is 0 Å². The zero-order valence-electron chi connectivity index (χ0n) is 19.4. The van der Waals surface area contributed by atoms with Crippen molar-refractivity contribution in [1.82, 2.24) is 5.43 Å². The monoisotopic (exact) mass is 418 g/mol. The summed E-state index contributed by atoms with van der Waals surface area (Å²) in [5.74, 6) is 1.36. The molecule has 0 heterocycles. The lowest BCUT2D eigenvalue weighted by Crippen LogP contribution is -2.17. The number of hydrogen-bond donors (Lipinski definition) is 1. The van der Waals surface area contributed by atoms with Crippen molar-refractivity contribution in [3.8, 4) is 11.5 Å². The lowest BCUT2D eigenvalue weighted by Gasteiger charge is -2.06. The molecule has 170 valence electrons. The number of hydrogen-bond acceptors (Lipinski definition) is 4. The Labute approximate surface area is 183 Å². The third-order valence-electron chi connectivity index (χ3n) is 5.34. The summed E-state index contributed by atoms with van der Waals surface area (Å²) >= 11 is 0. The molecule has 30 heavy (non-hydrogen) atoms. The molecule has 5 heteroatoms. The lowest BCUT2D eigenvalue weighted by molar-refractivity contribution is -0.121. The topological polar surface area (TPSA) is 59.9 Å². The number of rotatable bonds is 18. The van der Waals surface area contributed by atoms with Gasteiger partial charge in [0.1, 0.15) is 11.5 Å². The normalized spacial score (nSPS) is 11.0. The Kier molecular flexibility index (Phi) is 15.4. The summed E-state index contributed by atoms with van der Waals surface area (Å²) in [6, 6.07) is 5.46. The van der Waals surface area contributed by atoms with E-state index in [9.17, 15) is 4.79 Å². The highest BCUT2D eigenvalue weighted by atomic mass is 16.5. The maximum atomic E-state index is 11.9. The predicted molar refractivity (Wildman–Crippen MR) is 126 cm³/mol. The van der Waals surface area contributed by atoms with Crippen LogP contribution in [0.4, 0.5) is 0 Å². The Balaban J connectivity index is 2.03. The second-order valence-electron chi connectivity index (χ2n) is 7.89. The van der Waals surface area contributed by atoms with Gasteiger partial charge < -0.3 is 9.47 Å². The van der Waals surface area contributed by atoms with Crippen LogP contribution in [0.1, 0.15) is 102 Å². The van der Waals surface area contributed by atoms with Crippen LogP contribution in [0, 0.1) is 0 Å². The van der Waals surface area contributed by atoms with Gasteiger partial charge in [-0.15, -0.1) is 0 Å². The number of methoxy groups -OCH3 is 2. The lowest BCUT2D eigenvalue weighted by atomic mass is 10.0. The Bertz CT molecular complexity index is 602. The van der Waals surface area contributed by atoms with E-state index < -0.39 is 0 Å². The third-order valence-corrected chi connectivity index (χ3v) is 5.34. The zero-order chi connectivity index (χ0) is 21.9. The van der Waals surface area contributed by atoms with Gasteiger partial charge in [-0.2, -0.15) is 5.10 Å². The summed E-state index contributed by atoms with van der Waals surface area (Å²) in [6.45, 7) is 2.27. The third kappa shape index (κ3) is 12.5. The molecule has 0 aliphatic rings. The van der Waals surface area contributed by atoms with E-state index in [2.05, 4.69) is 17.5 Å². The molecule has 0 bridgehead atoms. The molecule has 0 unspecified atom stereocenters. The van der Waals surface area contributed by atoms with Gasteiger partial charge in [-0.05, 0) is 24.6 Å². The molecule has 5 nitrogen and oxygen atoms in total. The maximum absolute atomic E-state index is 11.9. The molecule has 0 fully saturated rings. The molecule has 0 atom stereocenters. The van der Waals surface area contributed by atoms with Crippen LogP contribution < -0.4 is 14.9 Å². The van der Waals surface area contributed by atoms with Crippen LogP contribution in [-0.4, -0.2) is 26.3 Å². The van der Waals surface area contributed by atoms with E-state index in [1.54, 1.807) is 20.4 Å². The van der Waals surface area contributed by atoms with Crippen molar-refractivity contribution < 1.29 is 14.3 Å². The molecule has 0 aliphatic heterocycles. The van der Waals surface area contributed by atoms with Crippen molar-refractivity contribution in [3.05, 3.63) is 23.8 Å². The molecule has 1 aromatic rings. The number of nitrogens with zero attached hydrogens (tertiary/aromatic N) is 1. The Morgan fingerprint density at radius 1 is 0.867 bits per heavy atom. The van der Waals surface area contributed by atoms with Gasteiger partial charge >= 0.3 is 0 Å². The molecule has 1 rings (SSSR count). The summed E-state index contributed by atoms with van der Waals surface area (Å²) in [6.07, 6.45) is 19.0. The van der Waals surface area contributed by atoms with Crippen LogP contribution >= 0.6 is 0 Å².